The van der Waals surface area contributed by atoms with Gasteiger partial charge in [-0.15, -0.1) is 0 Å². The summed E-state index contributed by atoms with van der Waals surface area (Å²) in [6, 6.07) is 13.4. The molecule has 0 aliphatic rings. The number of aryl methyl sites for hydroxylation is 2. The molecule has 0 aromatic heterocycles. The summed E-state index contributed by atoms with van der Waals surface area (Å²) in [7, 11) is 1.66. The van der Waals surface area contributed by atoms with Crippen LogP contribution in [0.3, 0.4) is 0 Å². The van der Waals surface area contributed by atoms with Crippen LogP contribution < -0.4 is 15.8 Å². The summed E-state index contributed by atoms with van der Waals surface area (Å²) in [5.74, 6) is 0.786. The zero-order chi connectivity index (χ0) is 15.9. The Labute approximate surface area is 131 Å². The third-order valence-electron chi connectivity index (χ3n) is 3.59. The second kappa shape index (κ2) is 7.50. The standard InChI is InChI=1S/C18H22N2O2/c1-13-5-8-15(19)12-17(13)18(21)20-11-3-4-14-6-9-16(22-2)10-7-14/h5-10,12H,3-4,11,19H2,1-2H3,(H,20,21). The molecule has 0 aliphatic heterocycles. The SMILES string of the molecule is COc1ccc(CCCNC(=O)c2cc(N)ccc2C)cc1. The zero-order valence-corrected chi connectivity index (χ0v) is 13.1. The van der Waals surface area contributed by atoms with Gasteiger partial charge in [-0.05, 0) is 55.2 Å². The highest BCUT2D eigenvalue weighted by Gasteiger charge is 2.08. The van der Waals surface area contributed by atoms with Gasteiger partial charge in [0.15, 0.2) is 0 Å². The van der Waals surface area contributed by atoms with Crippen molar-refractivity contribution in [3.8, 4) is 5.75 Å². The maximum Gasteiger partial charge on any atom is 0.251 e. The van der Waals surface area contributed by atoms with E-state index in [0.29, 0.717) is 17.8 Å². The fourth-order valence-electron chi connectivity index (χ4n) is 2.27. The lowest BCUT2D eigenvalue weighted by Gasteiger charge is -2.09. The number of methoxy groups -OCH3 is 1. The molecule has 2 rings (SSSR count). The van der Waals surface area contributed by atoms with E-state index in [2.05, 4.69) is 5.32 Å². The Bertz CT molecular complexity index is 636. The molecule has 0 saturated heterocycles. The lowest BCUT2D eigenvalue weighted by Crippen LogP contribution is -2.25. The van der Waals surface area contributed by atoms with Crippen molar-refractivity contribution in [2.75, 3.05) is 19.4 Å². The molecule has 0 unspecified atom stereocenters. The molecule has 2 aromatic carbocycles. The first kappa shape index (κ1) is 15.9. The van der Waals surface area contributed by atoms with Gasteiger partial charge in [-0.25, -0.2) is 0 Å². The number of anilines is 1. The summed E-state index contributed by atoms with van der Waals surface area (Å²) in [5, 5.41) is 2.94. The highest BCUT2D eigenvalue weighted by Crippen LogP contribution is 2.13. The number of amides is 1. The van der Waals surface area contributed by atoms with Crippen molar-refractivity contribution >= 4 is 11.6 Å². The second-order valence-corrected chi connectivity index (χ2v) is 5.28. The Morgan fingerprint density at radius 2 is 1.91 bits per heavy atom. The van der Waals surface area contributed by atoms with Gasteiger partial charge in [0.25, 0.3) is 5.91 Å². The number of rotatable bonds is 6. The van der Waals surface area contributed by atoms with Crippen molar-refractivity contribution in [1.82, 2.24) is 5.32 Å². The Morgan fingerprint density at radius 1 is 1.18 bits per heavy atom. The Morgan fingerprint density at radius 3 is 2.59 bits per heavy atom. The summed E-state index contributed by atoms with van der Waals surface area (Å²) in [6.07, 6.45) is 1.81. The molecule has 1 amide bonds. The molecule has 0 atom stereocenters. The van der Waals surface area contributed by atoms with Gasteiger partial charge in [-0.2, -0.15) is 0 Å². The average molecular weight is 298 g/mol. The maximum absolute atomic E-state index is 12.1. The van der Waals surface area contributed by atoms with Crippen LogP contribution in [0.5, 0.6) is 5.75 Å². The molecule has 4 heteroatoms. The summed E-state index contributed by atoms with van der Waals surface area (Å²) in [5.41, 5.74) is 9.14. The van der Waals surface area contributed by atoms with Crippen molar-refractivity contribution in [2.45, 2.75) is 19.8 Å². The minimum absolute atomic E-state index is 0.0699. The van der Waals surface area contributed by atoms with Crippen molar-refractivity contribution in [3.05, 3.63) is 59.2 Å². The van der Waals surface area contributed by atoms with Crippen LogP contribution in [0.2, 0.25) is 0 Å². The van der Waals surface area contributed by atoms with Gasteiger partial charge in [0, 0.05) is 17.8 Å². The van der Waals surface area contributed by atoms with Gasteiger partial charge in [-0.3, -0.25) is 4.79 Å². The summed E-state index contributed by atoms with van der Waals surface area (Å²) >= 11 is 0. The van der Waals surface area contributed by atoms with Gasteiger partial charge in [0.1, 0.15) is 5.75 Å². The molecule has 0 aliphatic carbocycles. The third kappa shape index (κ3) is 4.25. The van der Waals surface area contributed by atoms with Crippen LogP contribution in [0.4, 0.5) is 5.69 Å². The molecule has 116 valence electrons. The predicted molar refractivity (Wildman–Crippen MR) is 89.2 cm³/mol. The average Bonchev–Trinajstić information content (AvgIpc) is 2.54. The topological polar surface area (TPSA) is 64.3 Å². The number of carbonyl (C=O) groups excluding carboxylic acids is 1. The molecular formula is C18H22N2O2. The molecule has 0 saturated carbocycles. The molecule has 3 N–H and O–H groups in total. The van der Waals surface area contributed by atoms with Crippen LogP contribution in [0.1, 0.15) is 27.9 Å². The van der Waals surface area contributed by atoms with E-state index in [1.165, 1.54) is 5.56 Å². The lowest BCUT2D eigenvalue weighted by atomic mass is 10.1. The fourth-order valence-corrected chi connectivity index (χ4v) is 2.27. The minimum atomic E-state index is -0.0699. The first-order chi connectivity index (χ1) is 10.6. The van der Waals surface area contributed by atoms with Crippen molar-refractivity contribution in [3.63, 3.8) is 0 Å². The smallest absolute Gasteiger partial charge is 0.251 e. The highest BCUT2D eigenvalue weighted by molar-refractivity contribution is 5.96. The Hall–Kier alpha value is -2.49. The van der Waals surface area contributed by atoms with E-state index in [0.717, 1.165) is 24.2 Å². The number of nitrogens with two attached hydrogens (primary N) is 1. The molecule has 2 aromatic rings. The number of ether oxygens (including phenoxy) is 1. The largest absolute Gasteiger partial charge is 0.497 e. The van der Waals surface area contributed by atoms with Crippen LogP contribution in [0.25, 0.3) is 0 Å². The summed E-state index contributed by atoms with van der Waals surface area (Å²) < 4.78 is 5.13. The number of carbonyl (C=O) groups is 1. The van der Waals surface area contributed by atoms with Gasteiger partial charge in [-0.1, -0.05) is 18.2 Å². The van der Waals surface area contributed by atoms with E-state index < -0.39 is 0 Å². The molecule has 4 nitrogen and oxygen atoms in total. The van der Waals surface area contributed by atoms with Crippen molar-refractivity contribution in [2.24, 2.45) is 0 Å². The van der Waals surface area contributed by atoms with E-state index in [-0.39, 0.29) is 5.91 Å². The Kier molecular flexibility index (Phi) is 5.42. The summed E-state index contributed by atoms with van der Waals surface area (Å²) in [4.78, 5) is 12.1. The van der Waals surface area contributed by atoms with Gasteiger partial charge >= 0.3 is 0 Å². The quantitative estimate of drug-likeness (QED) is 0.636. The van der Waals surface area contributed by atoms with Crippen molar-refractivity contribution in [1.29, 1.82) is 0 Å². The molecule has 22 heavy (non-hydrogen) atoms. The van der Waals surface area contributed by atoms with E-state index >= 15 is 0 Å². The van der Waals surface area contributed by atoms with Gasteiger partial charge in [0.05, 0.1) is 7.11 Å². The van der Waals surface area contributed by atoms with E-state index in [4.69, 9.17) is 10.5 Å². The minimum Gasteiger partial charge on any atom is -0.497 e. The summed E-state index contributed by atoms with van der Waals surface area (Å²) in [6.45, 7) is 2.55. The molecule has 0 radical (unpaired) electrons. The van der Waals surface area contributed by atoms with E-state index in [1.54, 1.807) is 19.2 Å². The van der Waals surface area contributed by atoms with Crippen LogP contribution in [-0.2, 0) is 6.42 Å². The van der Waals surface area contributed by atoms with Crippen molar-refractivity contribution < 1.29 is 9.53 Å². The normalized spacial score (nSPS) is 10.3. The first-order valence-corrected chi connectivity index (χ1v) is 7.37. The molecule has 0 bridgehead atoms. The molecule has 0 fully saturated rings. The van der Waals surface area contributed by atoms with E-state index in [9.17, 15) is 4.79 Å². The maximum atomic E-state index is 12.1. The number of hydrogen-bond acceptors (Lipinski definition) is 3. The van der Waals surface area contributed by atoms with Crippen LogP contribution >= 0.6 is 0 Å². The zero-order valence-electron chi connectivity index (χ0n) is 13.1. The number of hydrogen-bond donors (Lipinski definition) is 2. The predicted octanol–water partition coefficient (Wildman–Crippen LogP) is 2.95. The van der Waals surface area contributed by atoms with E-state index in [1.807, 2.05) is 37.3 Å². The monoisotopic (exact) mass is 298 g/mol. The first-order valence-electron chi connectivity index (χ1n) is 7.37. The molecule has 0 spiro atoms. The Balaban J connectivity index is 1.80. The number of nitrogen functional groups attached to an aromatic ring is 1. The van der Waals surface area contributed by atoms with Crippen LogP contribution in [0, 0.1) is 6.92 Å². The number of nitrogens with one attached hydrogen (secondary N) is 1. The third-order valence-corrected chi connectivity index (χ3v) is 3.59. The lowest BCUT2D eigenvalue weighted by molar-refractivity contribution is 0.0952. The van der Waals surface area contributed by atoms with Crippen LogP contribution in [-0.4, -0.2) is 19.6 Å². The molecule has 0 heterocycles. The van der Waals surface area contributed by atoms with Gasteiger partial charge < -0.3 is 15.8 Å². The highest BCUT2D eigenvalue weighted by atomic mass is 16.5. The second-order valence-electron chi connectivity index (χ2n) is 5.28. The van der Waals surface area contributed by atoms with Gasteiger partial charge in [0.2, 0.25) is 0 Å². The fraction of sp³-hybridized carbons (Fsp3) is 0.278. The number of benzene rings is 2. The van der Waals surface area contributed by atoms with Crippen LogP contribution in [0.15, 0.2) is 42.5 Å². The molecular weight excluding hydrogens is 276 g/mol.